The first-order valence-corrected chi connectivity index (χ1v) is 10.6. The number of esters is 2. The summed E-state index contributed by atoms with van der Waals surface area (Å²) in [6.07, 6.45) is 9.61. The van der Waals surface area contributed by atoms with Crippen LogP contribution in [0, 0.1) is 23.2 Å². The van der Waals surface area contributed by atoms with Gasteiger partial charge in [0.15, 0.2) is 6.61 Å². The number of carbonyl (C=O) groups is 2. The summed E-state index contributed by atoms with van der Waals surface area (Å²) in [5.41, 5.74) is 0.0391. The van der Waals surface area contributed by atoms with Crippen LogP contribution in [0.4, 0.5) is 0 Å². The van der Waals surface area contributed by atoms with E-state index in [2.05, 4.69) is 20.8 Å². The molecule has 1 atom stereocenters. The van der Waals surface area contributed by atoms with Gasteiger partial charge in [0.2, 0.25) is 0 Å². The van der Waals surface area contributed by atoms with Crippen molar-refractivity contribution in [2.24, 2.45) is 23.2 Å². The van der Waals surface area contributed by atoms with Crippen LogP contribution in [0.15, 0.2) is 0 Å². The van der Waals surface area contributed by atoms with E-state index >= 15 is 0 Å². The van der Waals surface area contributed by atoms with Gasteiger partial charge in [0.1, 0.15) is 5.60 Å². The highest BCUT2D eigenvalue weighted by atomic mass is 16.6. The van der Waals surface area contributed by atoms with Crippen LogP contribution in [-0.2, 0) is 19.1 Å². The van der Waals surface area contributed by atoms with E-state index in [1.54, 1.807) is 0 Å². The number of rotatable bonds is 6. The SMILES string of the molecule is CCC(C)C(=O)OCC(=O)OC1(C2CCC(C(C)(C)C)CC2)CCCC1. The van der Waals surface area contributed by atoms with Crippen LogP contribution in [-0.4, -0.2) is 24.1 Å². The topological polar surface area (TPSA) is 52.6 Å². The zero-order valence-corrected chi connectivity index (χ0v) is 17.4. The second kappa shape index (κ2) is 8.75. The van der Waals surface area contributed by atoms with Gasteiger partial charge in [-0.2, -0.15) is 0 Å². The highest BCUT2D eigenvalue weighted by Gasteiger charge is 2.46. The third-order valence-corrected chi connectivity index (χ3v) is 6.81. The Balaban J connectivity index is 1.91. The fourth-order valence-electron chi connectivity index (χ4n) is 4.75. The van der Waals surface area contributed by atoms with Crippen molar-refractivity contribution in [3.63, 3.8) is 0 Å². The fraction of sp³-hybridized carbons (Fsp3) is 0.909. The molecule has 0 saturated heterocycles. The number of hydrogen-bond donors (Lipinski definition) is 0. The minimum Gasteiger partial charge on any atom is -0.456 e. The zero-order valence-electron chi connectivity index (χ0n) is 17.4. The van der Waals surface area contributed by atoms with E-state index in [9.17, 15) is 9.59 Å². The average molecular weight is 367 g/mol. The molecule has 2 fully saturated rings. The van der Waals surface area contributed by atoms with Crippen LogP contribution >= 0.6 is 0 Å². The van der Waals surface area contributed by atoms with E-state index in [0.29, 0.717) is 11.3 Å². The highest BCUT2D eigenvalue weighted by Crippen LogP contribution is 2.49. The minimum atomic E-state index is -0.374. The Morgan fingerprint density at radius 2 is 1.65 bits per heavy atom. The molecule has 26 heavy (non-hydrogen) atoms. The van der Waals surface area contributed by atoms with Gasteiger partial charge >= 0.3 is 11.9 Å². The number of hydrogen-bond acceptors (Lipinski definition) is 4. The lowest BCUT2D eigenvalue weighted by Gasteiger charge is -2.44. The molecular weight excluding hydrogens is 328 g/mol. The lowest BCUT2D eigenvalue weighted by molar-refractivity contribution is -0.178. The van der Waals surface area contributed by atoms with E-state index in [1.165, 1.54) is 12.8 Å². The molecular formula is C22H38O4. The molecule has 2 aliphatic rings. The molecule has 0 bridgehead atoms. The molecule has 0 aromatic rings. The van der Waals surface area contributed by atoms with Gasteiger partial charge in [-0.15, -0.1) is 0 Å². The monoisotopic (exact) mass is 366 g/mol. The molecule has 0 aliphatic heterocycles. The zero-order chi connectivity index (χ0) is 19.4. The van der Waals surface area contributed by atoms with Gasteiger partial charge in [-0.3, -0.25) is 4.79 Å². The maximum absolute atomic E-state index is 12.4. The van der Waals surface area contributed by atoms with Gasteiger partial charge in [-0.1, -0.05) is 34.6 Å². The average Bonchev–Trinajstić information content (AvgIpc) is 3.08. The summed E-state index contributed by atoms with van der Waals surface area (Å²) in [7, 11) is 0. The highest BCUT2D eigenvalue weighted by molar-refractivity contribution is 5.77. The molecule has 2 aliphatic carbocycles. The maximum atomic E-state index is 12.4. The normalized spacial score (nSPS) is 27.0. The summed E-state index contributed by atoms with van der Waals surface area (Å²) in [6, 6.07) is 0. The molecule has 2 rings (SSSR count). The molecule has 1 unspecified atom stereocenters. The summed E-state index contributed by atoms with van der Waals surface area (Å²) in [5.74, 6) is 0.357. The predicted octanol–water partition coefficient (Wildman–Crippen LogP) is 5.28. The quantitative estimate of drug-likeness (QED) is 0.600. The molecule has 0 aromatic heterocycles. The van der Waals surface area contributed by atoms with Crippen molar-refractivity contribution in [3.05, 3.63) is 0 Å². The molecule has 0 spiro atoms. The van der Waals surface area contributed by atoms with Gasteiger partial charge in [-0.25, -0.2) is 4.79 Å². The van der Waals surface area contributed by atoms with Crippen LogP contribution in [0.1, 0.15) is 92.4 Å². The van der Waals surface area contributed by atoms with Gasteiger partial charge in [0, 0.05) is 0 Å². The van der Waals surface area contributed by atoms with E-state index in [-0.39, 0.29) is 30.1 Å². The molecule has 0 aromatic carbocycles. The van der Waals surface area contributed by atoms with E-state index < -0.39 is 0 Å². The number of ether oxygens (including phenoxy) is 2. The van der Waals surface area contributed by atoms with E-state index in [1.807, 2.05) is 13.8 Å². The molecule has 2 saturated carbocycles. The summed E-state index contributed by atoms with van der Waals surface area (Å²) in [4.78, 5) is 24.2. The first-order chi connectivity index (χ1) is 12.2. The largest absolute Gasteiger partial charge is 0.456 e. The smallest absolute Gasteiger partial charge is 0.344 e. The van der Waals surface area contributed by atoms with Gasteiger partial charge < -0.3 is 9.47 Å². The molecule has 4 heteroatoms. The summed E-state index contributed by atoms with van der Waals surface area (Å²) in [5, 5.41) is 0. The third-order valence-electron chi connectivity index (χ3n) is 6.81. The predicted molar refractivity (Wildman–Crippen MR) is 103 cm³/mol. The third kappa shape index (κ3) is 5.23. The van der Waals surface area contributed by atoms with Crippen molar-refractivity contribution in [1.82, 2.24) is 0 Å². The number of carbonyl (C=O) groups excluding carboxylic acids is 2. The Labute approximate surface area is 159 Å². The second-order valence-electron chi connectivity index (χ2n) is 9.58. The van der Waals surface area contributed by atoms with Gasteiger partial charge in [0.05, 0.1) is 5.92 Å². The Kier molecular flexibility index (Phi) is 7.15. The lowest BCUT2D eigenvalue weighted by Crippen LogP contribution is -2.43. The molecule has 0 radical (unpaired) electrons. The van der Waals surface area contributed by atoms with Gasteiger partial charge in [-0.05, 0) is 75.0 Å². The summed E-state index contributed by atoms with van der Waals surface area (Å²) < 4.78 is 11.2. The minimum absolute atomic E-state index is 0.170. The van der Waals surface area contributed by atoms with Crippen molar-refractivity contribution in [2.75, 3.05) is 6.61 Å². The Morgan fingerprint density at radius 3 is 2.15 bits per heavy atom. The molecule has 4 nitrogen and oxygen atoms in total. The molecule has 150 valence electrons. The molecule has 0 N–H and O–H groups in total. The first kappa shape index (κ1) is 21.2. The van der Waals surface area contributed by atoms with Crippen molar-refractivity contribution >= 4 is 11.9 Å². The summed E-state index contributed by atoms with van der Waals surface area (Å²) >= 11 is 0. The van der Waals surface area contributed by atoms with Crippen molar-refractivity contribution < 1.29 is 19.1 Å². The van der Waals surface area contributed by atoms with Crippen LogP contribution in [0.3, 0.4) is 0 Å². The molecule has 0 amide bonds. The fourth-order valence-corrected chi connectivity index (χ4v) is 4.75. The Hall–Kier alpha value is -1.06. The van der Waals surface area contributed by atoms with E-state index in [4.69, 9.17) is 9.47 Å². The van der Waals surface area contributed by atoms with Crippen LogP contribution in [0.2, 0.25) is 0 Å². The van der Waals surface area contributed by atoms with Crippen molar-refractivity contribution in [2.45, 2.75) is 98.0 Å². The van der Waals surface area contributed by atoms with Crippen LogP contribution in [0.25, 0.3) is 0 Å². The van der Waals surface area contributed by atoms with E-state index in [0.717, 1.165) is 50.9 Å². The van der Waals surface area contributed by atoms with Gasteiger partial charge in [0.25, 0.3) is 0 Å². The van der Waals surface area contributed by atoms with Crippen LogP contribution in [0.5, 0.6) is 0 Å². The van der Waals surface area contributed by atoms with Crippen molar-refractivity contribution in [1.29, 1.82) is 0 Å². The Bertz CT molecular complexity index is 477. The second-order valence-corrected chi connectivity index (χ2v) is 9.58. The standard InChI is InChI=1S/C22H38O4/c1-6-16(2)20(24)25-15-19(23)26-22(13-7-8-14-22)18-11-9-17(10-12-18)21(3,4)5/h16-18H,6-15H2,1-5H3. The molecule has 0 heterocycles. The Morgan fingerprint density at radius 1 is 1.08 bits per heavy atom. The van der Waals surface area contributed by atoms with Crippen molar-refractivity contribution in [3.8, 4) is 0 Å². The van der Waals surface area contributed by atoms with Crippen LogP contribution < -0.4 is 0 Å². The first-order valence-electron chi connectivity index (χ1n) is 10.6. The maximum Gasteiger partial charge on any atom is 0.344 e. The lowest BCUT2D eigenvalue weighted by atomic mass is 9.66. The summed E-state index contributed by atoms with van der Waals surface area (Å²) in [6.45, 7) is 10.5.